The van der Waals surface area contributed by atoms with E-state index in [1.165, 1.54) is 5.56 Å². The first-order chi connectivity index (χ1) is 10.7. The number of hydrogen-bond donors (Lipinski definition) is 0. The Hall–Kier alpha value is -2.37. The molecule has 0 N–H and O–H groups in total. The smallest absolute Gasteiger partial charge is 0.357 e. The molecule has 0 aliphatic carbocycles. The maximum atomic E-state index is 12.7. The number of oxime groups is 1. The van der Waals surface area contributed by atoms with Crippen molar-refractivity contribution < 1.29 is 19.2 Å². The maximum absolute atomic E-state index is 12.7. The fourth-order valence-corrected chi connectivity index (χ4v) is 3.64. The summed E-state index contributed by atoms with van der Waals surface area (Å²) < 4.78 is 4.98. The van der Waals surface area contributed by atoms with Crippen LogP contribution in [0, 0.1) is 5.92 Å². The predicted octanol–water partition coefficient (Wildman–Crippen LogP) is 1.06. The number of carbonyl (C=O) groups is 2. The molecule has 1 amide bonds. The second-order valence-electron chi connectivity index (χ2n) is 5.67. The molecule has 0 unspecified atom stereocenters. The van der Waals surface area contributed by atoms with Crippen molar-refractivity contribution in [1.82, 2.24) is 4.90 Å². The molecule has 3 heterocycles. The van der Waals surface area contributed by atoms with Gasteiger partial charge >= 0.3 is 5.97 Å². The van der Waals surface area contributed by atoms with E-state index in [1.54, 1.807) is 6.92 Å². The van der Waals surface area contributed by atoms with Crippen LogP contribution in [0.1, 0.15) is 24.1 Å². The van der Waals surface area contributed by atoms with Gasteiger partial charge in [0.1, 0.15) is 5.92 Å². The van der Waals surface area contributed by atoms with Crippen LogP contribution in [0.5, 0.6) is 0 Å². The molecule has 0 bridgehead atoms. The Bertz CT molecular complexity index is 684. The van der Waals surface area contributed by atoms with E-state index in [4.69, 9.17) is 9.57 Å². The van der Waals surface area contributed by atoms with E-state index in [-0.39, 0.29) is 24.3 Å². The predicted molar refractivity (Wildman–Crippen MR) is 77.0 cm³/mol. The quantitative estimate of drug-likeness (QED) is 0.766. The fraction of sp³-hybridized carbons (Fsp3) is 0.438. The van der Waals surface area contributed by atoms with E-state index in [0.29, 0.717) is 6.54 Å². The number of esters is 1. The molecule has 0 spiro atoms. The van der Waals surface area contributed by atoms with Crippen molar-refractivity contribution in [3.63, 3.8) is 0 Å². The number of ether oxygens (including phenoxy) is 1. The molecule has 0 aromatic heterocycles. The topological polar surface area (TPSA) is 68.2 Å². The summed E-state index contributed by atoms with van der Waals surface area (Å²) in [6, 6.07) is 7.89. The first-order valence-corrected chi connectivity index (χ1v) is 7.51. The Balaban J connectivity index is 1.71. The van der Waals surface area contributed by atoms with Gasteiger partial charge in [0, 0.05) is 6.54 Å². The van der Waals surface area contributed by atoms with E-state index in [0.717, 1.165) is 12.0 Å². The third kappa shape index (κ3) is 1.70. The minimum absolute atomic E-state index is 0.0891. The molecule has 1 saturated heterocycles. The van der Waals surface area contributed by atoms with Crippen LogP contribution in [0.15, 0.2) is 29.4 Å². The van der Waals surface area contributed by atoms with Gasteiger partial charge in [0.15, 0.2) is 11.8 Å². The zero-order valence-corrected chi connectivity index (χ0v) is 12.2. The van der Waals surface area contributed by atoms with E-state index in [1.807, 2.05) is 23.1 Å². The second kappa shape index (κ2) is 4.83. The normalized spacial score (nSPS) is 28.4. The summed E-state index contributed by atoms with van der Waals surface area (Å²) in [6.45, 7) is 2.62. The molecule has 1 aromatic rings. The molecule has 22 heavy (non-hydrogen) atoms. The van der Waals surface area contributed by atoms with Crippen molar-refractivity contribution in [2.75, 3.05) is 13.2 Å². The van der Waals surface area contributed by atoms with Gasteiger partial charge < -0.3 is 14.5 Å². The van der Waals surface area contributed by atoms with Crippen molar-refractivity contribution in [1.29, 1.82) is 0 Å². The number of nitrogens with zero attached hydrogens (tertiary/aromatic N) is 2. The lowest BCUT2D eigenvalue weighted by Gasteiger charge is -2.33. The molecule has 1 aromatic carbocycles. The summed E-state index contributed by atoms with van der Waals surface area (Å²) in [6.07, 6.45) is 0.386. The van der Waals surface area contributed by atoms with E-state index in [2.05, 4.69) is 11.2 Å². The zero-order valence-electron chi connectivity index (χ0n) is 12.2. The molecule has 114 valence electrons. The Morgan fingerprint density at radius 2 is 2.27 bits per heavy atom. The highest BCUT2D eigenvalue weighted by atomic mass is 16.7. The summed E-state index contributed by atoms with van der Waals surface area (Å²) >= 11 is 0. The molecular formula is C16H16N2O4. The van der Waals surface area contributed by atoms with Gasteiger partial charge in [-0.1, -0.05) is 29.4 Å². The standard InChI is InChI=1S/C16H16N2O4/c1-2-21-16(20)12-11-14(22-17-12)13-10-6-4-3-5-9(10)7-8-18(13)15(11)19/h3-6,11,13-14H,2,7-8H2,1H3/t11-,13-,14+/m1/s1. The first kappa shape index (κ1) is 13.3. The number of hydrogen-bond acceptors (Lipinski definition) is 5. The average Bonchev–Trinajstić information content (AvgIpc) is 3.08. The largest absolute Gasteiger partial charge is 0.461 e. The third-order valence-electron chi connectivity index (χ3n) is 4.57. The minimum Gasteiger partial charge on any atom is -0.461 e. The van der Waals surface area contributed by atoms with Gasteiger partial charge in [0.25, 0.3) is 0 Å². The molecule has 6 heteroatoms. The van der Waals surface area contributed by atoms with Crippen LogP contribution < -0.4 is 0 Å². The van der Waals surface area contributed by atoms with Crippen molar-refractivity contribution >= 4 is 17.6 Å². The fourth-order valence-electron chi connectivity index (χ4n) is 3.64. The van der Waals surface area contributed by atoms with E-state index in [9.17, 15) is 9.59 Å². The van der Waals surface area contributed by atoms with Gasteiger partial charge in [0.05, 0.1) is 12.6 Å². The van der Waals surface area contributed by atoms with Crippen molar-refractivity contribution in [3.05, 3.63) is 35.4 Å². The average molecular weight is 300 g/mol. The molecule has 0 saturated carbocycles. The summed E-state index contributed by atoms with van der Waals surface area (Å²) in [7, 11) is 0. The second-order valence-corrected chi connectivity index (χ2v) is 5.67. The van der Waals surface area contributed by atoms with Gasteiger partial charge in [-0.15, -0.1) is 0 Å². The number of fused-ring (bicyclic) bond motifs is 5. The monoisotopic (exact) mass is 300 g/mol. The zero-order chi connectivity index (χ0) is 15.3. The molecular weight excluding hydrogens is 284 g/mol. The summed E-state index contributed by atoms with van der Waals surface area (Å²) in [5.74, 6) is -1.29. The van der Waals surface area contributed by atoms with Gasteiger partial charge in [-0.2, -0.15) is 0 Å². The Kier molecular flexibility index (Phi) is 2.92. The molecule has 4 rings (SSSR count). The van der Waals surface area contributed by atoms with E-state index >= 15 is 0 Å². The minimum atomic E-state index is -0.643. The van der Waals surface area contributed by atoms with Crippen LogP contribution in [0.2, 0.25) is 0 Å². The number of amides is 1. The number of rotatable bonds is 2. The third-order valence-corrected chi connectivity index (χ3v) is 4.57. The molecule has 1 fully saturated rings. The summed E-state index contributed by atoms with van der Waals surface area (Å²) in [5, 5.41) is 3.85. The Morgan fingerprint density at radius 3 is 3.09 bits per heavy atom. The van der Waals surface area contributed by atoms with Crippen LogP contribution in [0.4, 0.5) is 0 Å². The number of carbonyl (C=O) groups excluding carboxylic acids is 2. The molecule has 6 nitrogen and oxygen atoms in total. The molecule has 3 aliphatic heterocycles. The highest BCUT2D eigenvalue weighted by Gasteiger charge is 2.58. The van der Waals surface area contributed by atoms with Crippen LogP contribution in [-0.2, 0) is 25.6 Å². The Labute approximate surface area is 127 Å². The van der Waals surface area contributed by atoms with Gasteiger partial charge in [-0.05, 0) is 24.5 Å². The van der Waals surface area contributed by atoms with Crippen molar-refractivity contribution in [3.8, 4) is 0 Å². The highest BCUT2D eigenvalue weighted by Crippen LogP contribution is 2.45. The van der Waals surface area contributed by atoms with E-state index < -0.39 is 18.0 Å². The summed E-state index contributed by atoms with van der Waals surface area (Å²) in [4.78, 5) is 32.0. The lowest BCUT2D eigenvalue weighted by molar-refractivity contribution is -0.137. The van der Waals surface area contributed by atoms with Crippen molar-refractivity contribution in [2.45, 2.75) is 25.5 Å². The van der Waals surface area contributed by atoms with Gasteiger partial charge in [-0.3, -0.25) is 4.79 Å². The Morgan fingerprint density at radius 1 is 1.45 bits per heavy atom. The molecule has 0 radical (unpaired) electrons. The van der Waals surface area contributed by atoms with Crippen molar-refractivity contribution in [2.24, 2.45) is 11.1 Å². The number of benzene rings is 1. The van der Waals surface area contributed by atoms with Crippen LogP contribution in [0.25, 0.3) is 0 Å². The maximum Gasteiger partial charge on any atom is 0.357 e. The molecule has 3 aliphatic rings. The van der Waals surface area contributed by atoms with Gasteiger partial charge in [0.2, 0.25) is 5.91 Å². The molecule has 3 atom stereocenters. The van der Waals surface area contributed by atoms with Crippen LogP contribution >= 0.6 is 0 Å². The lowest BCUT2D eigenvalue weighted by Crippen LogP contribution is -2.37. The SMILES string of the molecule is CCOC(=O)C1=NO[C@H]2[C@@H]1C(=O)N1CCc3ccccc3[C@H]21. The summed E-state index contributed by atoms with van der Waals surface area (Å²) in [5.41, 5.74) is 2.42. The highest BCUT2D eigenvalue weighted by molar-refractivity contribution is 6.41. The van der Waals surface area contributed by atoms with Crippen LogP contribution in [0.3, 0.4) is 0 Å². The van der Waals surface area contributed by atoms with Gasteiger partial charge in [-0.25, -0.2) is 4.79 Å². The van der Waals surface area contributed by atoms with Crippen LogP contribution in [-0.4, -0.2) is 41.7 Å². The lowest BCUT2D eigenvalue weighted by atomic mass is 9.89. The first-order valence-electron chi connectivity index (χ1n) is 7.51.